The molecule has 0 spiro atoms. The van der Waals surface area contributed by atoms with E-state index < -0.39 is 0 Å². The first-order valence-corrected chi connectivity index (χ1v) is 8.30. The van der Waals surface area contributed by atoms with Crippen LogP contribution < -0.4 is 5.32 Å². The second-order valence-corrected chi connectivity index (χ2v) is 6.24. The van der Waals surface area contributed by atoms with Crippen molar-refractivity contribution in [1.29, 1.82) is 0 Å². The molecule has 0 fully saturated rings. The summed E-state index contributed by atoms with van der Waals surface area (Å²) >= 11 is 0. The lowest BCUT2D eigenvalue weighted by Crippen LogP contribution is -2.39. The van der Waals surface area contributed by atoms with E-state index >= 15 is 0 Å². The maximum absolute atomic E-state index is 12.9. The number of hydrogen-bond acceptors (Lipinski definition) is 2. The zero-order chi connectivity index (χ0) is 17.2. The van der Waals surface area contributed by atoms with Crippen molar-refractivity contribution < 1.29 is 4.39 Å². The number of nitrogens with zero attached hydrogens (tertiary/aromatic N) is 3. The van der Waals surface area contributed by atoms with Gasteiger partial charge in [0, 0.05) is 33.2 Å². The third kappa shape index (κ3) is 7.46. The van der Waals surface area contributed by atoms with Crippen molar-refractivity contribution >= 4 is 5.96 Å². The maximum atomic E-state index is 12.9. The Morgan fingerprint density at radius 3 is 2.39 bits per heavy atom. The van der Waals surface area contributed by atoms with Crippen LogP contribution in [0.5, 0.6) is 0 Å². The SMILES string of the molecule is CN=C(NCCCCN(C)C(C)C)N(C)Cc1ccc(F)cc1. The van der Waals surface area contributed by atoms with Gasteiger partial charge in [-0.1, -0.05) is 12.1 Å². The highest BCUT2D eigenvalue weighted by atomic mass is 19.1. The Morgan fingerprint density at radius 1 is 1.17 bits per heavy atom. The van der Waals surface area contributed by atoms with E-state index in [1.54, 1.807) is 19.2 Å². The van der Waals surface area contributed by atoms with Gasteiger partial charge >= 0.3 is 0 Å². The highest BCUT2D eigenvalue weighted by Crippen LogP contribution is 2.05. The van der Waals surface area contributed by atoms with Gasteiger partial charge in [-0.05, 0) is 58.0 Å². The third-order valence-corrected chi connectivity index (χ3v) is 4.01. The van der Waals surface area contributed by atoms with Gasteiger partial charge in [-0.2, -0.15) is 0 Å². The van der Waals surface area contributed by atoms with E-state index in [0.717, 1.165) is 31.0 Å². The fraction of sp³-hybridized carbons (Fsp3) is 0.611. The van der Waals surface area contributed by atoms with Gasteiger partial charge in [-0.25, -0.2) is 4.39 Å². The van der Waals surface area contributed by atoms with E-state index in [9.17, 15) is 4.39 Å². The molecule has 130 valence electrons. The first-order valence-electron chi connectivity index (χ1n) is 8.30. The molecule has 0 radical (unpaired) electrons. The summed E-state index contributed by atoms with van der Waals surface area (Å²) in [6, 6.07) is 7.19. The lowest BCUT2D eigenvalue weighted by molar-refractivity contribution is 0.268. The first-order chi connectivity index (χ1) is 10.9. The Kier molecular flexibility index (Phi) is 8.62. The number of aliphatic imine (C=N–C) groups is 1. The molecule has 0 bridgehead atoms. The van der Waals surface area contributed by atoms with Crippen molar-refractivity contribution in [3.05, 3.63) is 35.6 Å². The summed E-state index contributed by atoms with van der Waals surface area (Å²) in [5.41, 5.74) is 1.07. The fourth-order valence-corrected chi connectivity index (χ4v) is 2.27. The highest BCUT2D eigenvalue weighted by molar-refractivity contribution is 5.79. The molecular weight excluding hydrogens is 291 g/mol. The molecular formula is C18H31FN4. The zero-order valence-electron chi connectivity index (χ0n) is 15.1. The highest BCUT2D eigenvalue weighted by Gasteiger charge is 2.07. The maximum Gasteiger partial charge on any atom is 0.193 e. The first kappa shape index (κ1) is 19.4. The molecule has 0 saturated heterocycles. The summed E-state index contributed by atoms with van der Waals surface area (Å²) in [5, 5.41) is 3.39. The van der Waals surface area contributed by atoms with Crippen molar-refractivity contribution in [3.8, 4) is 0 Å². The molecule has 23 heavy (non-hydrogen) atoms. The van der Waals surface area contributed by atoms with Crippen LogP contribution in [0, 0.1) is 5.82 Å². The van der Waals surface area contributed by atoms with Crippen LogP contribution in [0.1, 0.15) is 32.3 Å². The number of unbranched alkanes of at least 4 members (excludes halogenated alkanes) is 1. The fourth-order valence-electron chi connectivity index (χ4n) is 2.27. The van der Waals surface area contributed by atoms with Crippen molar-refractivity contribution in [3.63, 3.8) is 0 Å². The number of halogens is 1. The lowest BCUT2D eigenvalue weighted by Gasteiger charge is -2.23. The Labute approximate surface area is 140 Å². The van der Waals surface area contributed by atoms with Crippen LogP contribution in [0.3, 0.4) is 0 Å². The van der Waals surface area contributed by atoms with E-state index in [1.807, 2.05) is 11.9 Å². The normalized spacial score (nSPS) is 12.1. The van der Waals surface area contributed by atoms with Crippen molar-refractivity contribution in [2.75, 3.05) is 34.2 Å². The molecule has 1 aromatic carbocycles. The Morgan fingerprint density at radius 2 is 1.83 bits per heavy atom. The monoisotopic (exact) mass is 322 g/mol. The molecule has 0 aromatic heterocycles. The predicted molar refractivity (Wildman–Crippen MR) is 96.2 cm³/mol. The quantitative estimate of drug-likeness (QED) is 0.453. The summed E-state index contributed by atoms with van der Waals surface area (Å²) in [4.78, 5) is 8.72. The standard InChI is InChI=1S/C18H31FN4/c1-15(2)22(4)13-7-6-12-21-18(20-3)23(5)14-16-8-10-17(19)11-9-16/h8-11,15H,6-7,12-14H2,1-5H3,(H,20,21). The van der Waals surface area contributed by atoms with E-state index in [4.69, 9.17) is 0 Å². The molecule has 0 heterocycles. The molecule has 1 aromatic rings. The number of benzene rings is 1. The number of guanidine groups is 1. The largest absolute Gasteiger partial charge is 0.356 e. The summed E-state index contributed by atoms with van der Waals surface area (Å²) < 4.78 is 12.9. The van der Waals surface area contributed by atoms with Crippen molar-refractivity contribution in [2.24, 2.45) is 4.99 Å². The van der Waals surface area contributed by atoms with E-state index in [0.29, 0.717) is 12.6 Å². The van der Waals surface area contributed by atoms with Crippen LogP contribution in [-0.2, 0) is 6.54 Å². The van der Waals surface area contributed by atoms with Gasteiger partial charge < -0.3 is 15.1 Å². The van der Waals surface area contributed by atoms with Crippen LogP contribution in [0.4, 0.5) is 4.39 Å². The molecule has 1 N–H and O–H groups in total. The minimum Gasteiger partial charge on any atom is -0.356 e. The predicted octanol–water partition coefficient (Wildman–Crippen LogP) is 2.95. The van der Waals surface area contributed by atoms with Crippen molar-refractivity contribution in [1.82, 2.24) is 15.1 Å². The minimum absolute atomic E-state index is 0.203. The molecule has 0 saturated carbocycles. The Balaban J connectivity index is 2.31. The molecule has 1 rings (SSSR count). The number of rotatable bonds is 8. The smallest absolute Gasteiger partial charge is 0.193 e. The molecule has 0 atom stereocenters. The Hall–Kier alpha value is -1.62. The molecule has 0 aliphatic rings. The topological polar surface area (TPSA) is 30.9 Å². The third-order valence-electron chi connectivity index (χ3n) is 4.01. The average Bonchev–Trinajstić information content (AvgIpc) is 2.52. The summed E-state index contributed by atoms with van der Waals surface area (Å²) in [5.74, 6) is 0.664. The van der Waals surface area contributed by atoms with Gasteiger partial charge in [0.15, 0.2) is 5.96 Å². The number of nitrogens with one attached hydrogen (secondary N) is 1. The Bertz CT molecular complexity index is 470. The van der Waals surface area contributed by atoms with Crippen LogP contribution in [0.2, 0.25) is 0 Å². The van der Waals surface area contributed by atoms with E-state index in [-0.39, 0.29) is 5.82 Å². The van der Waals surface area contributed by atoms with Gasteiger partial charge in [0.05, 0.1) is 0 Å². The molecule has 0 aliphatic carbocycles. The van der Waals surface area contributed by atoms with E-state index in [2.05, 4.69) is 36.1 Å². The summed E-state index contributed by atoms with van der Waals surface area (Å²) in [7, 11) is 5.94. The molecule has 5 heteroatoms. The summed E-state index contributed by atoms with van der Waals surface area (Å²) in [6.07, 6.45) is 2.28. The van der Waals surface area contributed by atoms with Gasteiger partial charge in [-0.3, -0.25) is 4.99 Å². The number of hydrogen-bond donors (Lipinski definition) is 1. The zero-order valence-corrected chi connectivity index (χ0v) is 15.1. The van der Waals surface area contributed by atoms with Gasteiger partial charge in [-0.15, -0.1) is 0 Å². The lowest BCUT2D eigenvalue weighted by atomic mass is 10.2. The van der Waals surface area contributed by atoms with Crippen molar-refractivity contribution in [2.45, 2.75) is 39.3 Å². The van der Waals surface area contributed by atoms with Crippen LogP contribution >= 0.6 is 0 Å². The van der Waals surface area contributed by atoms with Crippen LogP contribution in [0.25, 0.3) is 0 Å². The second kappa shape index (κ2) is 10.2. The van der Waals surface area contributed by atoms with Gasteiger partial charge in [0.25, 0.3) is 0 Å². The average molecular weight is 322 g/mol. The van der Waals surface area contributed by atoms with Gasteiger partial charge in [0.2, 0.25) is 0 Å². The molecule has 0 aliphatic heterocycles. The molecule has 0 unspecified atom stereocenters. The van der Waals surface area contributed by atoms with Gasteiger partial charge in [0.1, 0.15) is 5.82 Å². The summed E-state index contributed by atoms with van der Waals surface area (Å²) in [6.45, 7) is 7.15. The van der Waals surface area contributed by atoms with Crippen LogP contribution in [0.15, 0.2) is 29.3 Å². The van der Waals surface area contributed by atoms with E-state index in [1.165, 1.54) is 18.6 Å². The van der Waals surface area contributed by atoms with Crippen LogP contribution in [-0.4, -0.2) is 56.0 Å². The molecule has 4 nitrogen and oxygen atoms in total. The minimum atomic E-state index is -0.203. The second-order valence-electron chi connectivity index (χ2n) is 6.24. The molecule has 0 amide bonds.